The lowest BCUT2D eigenvalue weighted by atomic mass is 10.3. The Morgan fingerprint density at radius 3 is 2.60 bits per heavy atom. The lowest BCUT2D eigenvalue weighted by Gasteiger charge is -2.06. The molecule has 0 amide bonds. The quantitative estimate of drug-likeness (QED) is 0.591. The number of aryl methyl sites for hydroxylation is 1. The number of hydrogen-bond acceptors (Lipinski definition) is 7. The molecule has 0 aromatic carbocycles. The first-order valence-electron chi connectivity index (χ1n) is 5.95. The third kappa shape index (κ3) is 3.71. The Labute approximate surface area is 116 Å². The molecule has 2 aromatic rings. The number of H-pyrrole nitrogens is 1. The van der Waals surface area contributed by atoms with Crippen LogP contribution in [0, 0.1) is 0 Å². The average Bonchev–Trinajstić information content (AvgIpc) is 2.97. The maximum Gasteiger partial charge on any atom is 0.243 e. The number of nitrogens with one attached hydrogen (secondary N) is 3. The van der Waals surface area contributed by atoms with Gasteiger partial charge in [0.15, 0.2) is 0 Å². The maximum atomic E-state index is 11.9. The molecule has 0 aliphatic rings. The van der Waals surface area contributed by atoms with Crippen LogP contribution in [-0.4, -0.2) is 47.2 Å². The van der Waals surface area contributed by atoms with E-state index in [-0.39, 0.29) is 4.90 Å². The Morgan fingerprint density at radius 2 is 2.00 bits per heavy atom. The second-order valence-electron chi connectivity index (χ2n) is 3.93. The van der Waals surface area contributed by atoms with Gasteiger partial charge in [-0.2, -0.15) is 5.10 Å². The highest BCUT2D eigenvalue weighted by molar-refractivity contribution is 7.89. The molecule has 0 aliphatic carbocycles. The first-order chi connectivity index (χ1) is 9.62. The summed E-state index contributed by atoms with van der Waals surface area (Å²) in [7, 11) is -1.92. The Bertz CT molecular complexity index is 624. The summed E-state index contributed by atoms with van der Waals surface area (Å²) in [6.45, 7) is 0.302. The van der Waals surface area contributed by atoms with Crippen molar-refractivity contribution in [3.63, 3.8) is 0 Å². The fraction of sp³-hybridized carbons (Fsp3) is 0.400. The summed E-state index contributed by atoms with van der Waals surface area (Å²) in [5.41, 5.74) is 0. The van der Waals surface area contributed by atoms with Crippen molar-refractivity contribution in [3.8, 4) is 0 Å². The fourth-order valence-corrected chi connectivity index (χ4v) is 2.44. The molecule has 0 atom stereocenters. The van der Waals surface area contributed by atoms with Gasteiger partial charge in [0.1, 0.15) is 17.0 Å². The van der Waals surface area contributed by atoms with E-state index in [1.165, 1.54) is 18.7 Å². The Hall–Kier alpha value is -2.07. The van der Waals surface area contributed by atoms with E-state index in [9.17, 15) is 8.42 Å². The second-order valence-corrected chi connectivity index (χ2v) is 5.69. The number of rotatable bonds is 7. The highest BCUT2D eigenvalue weighted by Gasteiger charge is 2.14. The van der Waals surface area contributed by atoms with Crippen molar-refractivity contribution in [1.82, 2.24) is 29.9 Å². The lowest BCUT2D eigenvalue weighted by Crippen LogP contribution is -2.25. The Kier molecular flexibility index (Phi) is 4.58. The minimum Gasteiger partial charge on any atom is -0.357 e. The lowest BCUT2D eigenvalue weighted by molar-refractivity contribution is 0.577. The van der Waals surface area contributed by atoms with E-state index in [1.54, 1.807) is 7.05 Å². The molecule has 0 spiro atoms. The molecule has 0 unspecified atom stereocenters. The number of aromatic nitrogens is 5. The van der Waals surface area contributed by atoms with Crippen molar-refractivity contribution in [3.05, 3.63) is 24.5 Å². The highest BCUT2D eigenvalue weighted by Crippen LogP contribution is 2.07. The van der Waals surface area contributed by atoms with Gasteiger partial charge in [0.05, 0.1) is 12.4 Å². The van der Waals surface area contributed by atoms with Gasteiger partial charge in [-0.05, 0) is 6.42 Å². The normalized spacial score (nSPS) is 11.4. The summed E-state index contributed by atoms with van der Waals surface area (Å²) in [4.78, 5) is 11.7. The van der Waals surface area contributed by atoms with E-state index < -0.39 is 10.0 Å². The van der Waals surface area contributed by atoms with Gasteiger partial charge in [0.25, 0.3) is 0 Å². The van der Waals surface area contributed by atoms with Crippen LogP contribution >= 0.6 is 0 Å². The zero-order valence-corrected chi connectivity index (χ0v) is 11.7. The summed E-state index contributed by atoms with van der Waals surface area (Å²) >= 11 is 0. The van der Waals surface area contributed by atoms with Gasteiger partial charge < -0.3 is 5.32 Å². The molecule has 0 saturated heterocycles. The Morgan fingerprint density at radius 1 is 1.25 bits per heavy atom. The van der Waals surface area contributed by atoms with Crippen LogP contribution in [0.1, 0.15) is 12.2 Å². The number of nitrogens with zero attached hydrogens (tertiary/aromatic N) is 4. The van der Waals surface area contributed by atoms with Crippen LogP contribution in [0.4, 0.5) is 5.95 Å². The van der Waals surface area contributed by atoms with E-state index in [2.05, 4.69) is 35.2 Å². The predicted molar refractivity (Wildman–Crippen MR) is 71.5 cm³/mol. The monoisotopic (exact) mass is 297 g/mol. The van der Waals surface area contributed by atoms with Gasteiger partial charge in [-0.1, -0.05) is 0 Å². The topological polar surface area (TPSA) is 126 Å². The molecule has 0 bridgehead atoms. The molecule has 2 rings (SSSR count). The average molecular weight is 297 g/mol. The second kappa shape index (κ2) is 6.39. The zero-order valence-electron chi connectivity index (χ0n) is 10.9. The molecule has 2 heterocycles. The molecule has 0 aliphatic heterocycles. The molecule has 10 heteroatoms. The molecule has 20 heavy (non-hydrogen) atoms. The molecular formula is C10H15N7O2S. The van der Waals surface area contributed by atoms with Gasteiger partial charge in [0, 0.05) is 20.0 Å². The number of hydrogen-bond donors (Lipinski definition) is 3. The van der Waals surface area contributed by atoms with Gasteiger partial charge in [-0.25, -0.2) is 28.1 Å². The van der Waals surface area contributed by atoms with Gasteiger partial charge >= 0.3 is 0 Å². The van der Waals surface area contributed by atoms with E-state index in [0.29, 0.717) is 25.3 Å². The molecule has 9 nitrogen and oxygen atoms in total. The van der Waals surface area contributed by atoms with E-state index in [0.717, 1.165) is 5.82 Å². The standard InChI is InChI=1S/C10H15N7O2S/c1-11-10-12-5-8(6-13-10)20(18,19)16-4-2-3-9-14-7-15-17-9/h5-7,16H,2-4H2,1H3,(H,11,12,13)(H,14,15,17). The highest BCUT2D eigenvalue weighted by atomic mass is 32.2. The SMILES string of the molecule is CNc1ncc(S(=O)(=O)NCCCc2ncn[nH]2)cn1. The largest absolute Gasteiger partial charge is 0.357 e. The van der Waals surface area contributed by atoms with Crippen molar-refractivity contribution in [2.45, 2.75) is 17.7 Å². The summed E-state index contributed by atoms with van der Waals surface area (Å²) in [6.07, 6.45) is 5.18. The van der Waals surface area contributed by atoms with Crippen LogP contribution in [0.5, 0.6) is 0 Å². The minimum atomic E-state index is -3.58. The van der Waals surface area contributed by atoms with Crippen LogP contribution < -0.4 is 10.0 Å². The Balaban J connectivity index is 1.86. The van der Waals surface area contributed by atoms with Crippen LogP contribution in [0.25, 0.3) is 0 Å². The molecule has 2 aromatic heterocycles. The van der Waals surface area contributed by atoms with Gasteiger partial charge in [0.2, 0.25) is 16.0 Å². The van der Waals surface area contributed by atoms with E-state index >= 15 is 0 Å². The number of sulfonamides is 1. The molecule has 3 N–H and O–H groups in total. The van der Waals surface area contributed by atoms with Crippen molar-refractivity contribution >= 4 is 16.0 Å². The summed E-state index contributed by atoms with van der Waals surface area (Å²) in [5.74, 6) is 1.10. The molecule has 0 radical (unpaired) electrons. The zero-order chi connectivity index (χ0) is 14.4. The van der Waals surface area contributed by atoms with Gasteiger partial charge in [-0.15, -0.1) is 0 Å². The maximum absolute atomic E-state index is 11.9. The third-order valence-electron chi connectivity index (χ3n) is 2.51. The summed E-state index contributed by atoms with van der Waals surface area (Å²) in [5, 5.41) is 9.15. The van der Waals surface area contributed by atoms with E-state index in [1.807, 2.05) is 0 Å². The summed E-state index contributed by atoms with van der Waals surface area (Å²) in [6, 6.07) is 0. The van der Waals surface area contributed by atoms with Crippen LogP contribution in [0.2, 0.25) is 0 Å². The van der Waals surface area contributed by atoms with Crippen molar-refractivity contribution in [2.75, 3.05) is 18.9 Å². The van der Waals surface area contributed by atoms with Crippen LogP contribution in [0.3, 0.4) is 0 Å². The van der Waals surface area contributed by atoms with Crippen molar-refractivity contribution in [1.29, 1.82) is 0 Å². The van der Waals surface area contributed by atoms with Crippen molar-refractivity contribution < 1.29 is 8.42 Å². The molecule has 0 fully saturated rings. The van der Waals surface area contributed by atoms with Crippen molar-refractivity contribution in [2.24, 2.45) is 0 Å². The third-order valence-corrected chi connectivity index (χ3v) is 3.92. The van der Waals surface area contributed by atoms with E-state index in [4.69, 9.17) is 0 Å². The smallest absolute Gasteiger partial charge is 0.243 e. The number of aromatic amines is 1. The molecule has 108 valence electrons. The predicted octanol–water partition coefficient (Wildman–Crippen LogP) is -0.452. The fourth-order valence-electron chi connectivity index (χ4n) is 1.48. The van der Waals surface area contributed by atoms with Gasteiger partial charge in [-0.3, -0.25) is 5.10 Å². The first kappa shape index (κ1) is 14.3. The first-order valence-corrected chi connectivity index (χ1v) is 7.44. The minimum absolute atomic E-state index is 0.0381. The van der Waals surface area contributed by atoms with Crippen LogP contribution in [0.15, 0.2) is 23.6 Å². The van der Waals surface area contributed by atoms with Crippen LogP contribution in [-0.2, 0) is 16.4 Å². The molecular weight excluding hydrogens is 282 g/mol. The molecule has 0 saturated carbocycles. The number of anilines is 1. The summed E-state index contributed by atoms with van der Waals surface area (Å²) < 4.78 is 26.4.